The van der Waals surface area contributed by atoms with Gasteiger partial charge < -0.3 is 5.73 Å². The molecule has 7 heteroatoms. The van der Waals surface area contributed by atoms with Gasteiger partial charge in [-0.3, -0.25) is 0 Å². The first kappa shape index (κ1) is 18.2. The molecule has 3 N–H and O–H groups in total. The van der Waals surface area contributed by atoms with Gasteiger partial charge >= 0.3 is 0 Å². The molecular formula is C13H20ClIN2O2S. The average molecular weight is 431 g/mol. The van der Waals surface area contributed by atoms with Crippen molar-refractivity contribution >= 4 is 45.0 Å². The summed E-state index contributed by atoms with van der Waals surface area (Å²) in [6.45, 7) is 0.355. The summed E-state index contributed by atoms with van der Waals surface area (Å²) in [7, 11) is -3.47. The van der Waals surface area contributed by atoms with E-state index in [0.29, 0.717) is 17.4 Å². The summed E-state index contributed by atoms with van der Waals surface area (Å²) in [4.78, 5) is 0.316. The normalized spacial score (nSPS) is 17.7. The molecule has 1 aliphatic rings. The van der Waals surface area contributed by atoms with Gasteiger partial charge in [-0.25, -0.2) is 13.1 Å². The molecular weight excluding hydrogens is 411 g/mol. The zero-order valence-electron chi connectivity index (χ0n) is 11.1. The van der Waals surface area contributed by atoms with Gasteiger partial charge in [-0.05, 0) is 59.5 Å². The van der Waals surface area contributed by atoms with Gasteiger partial charge in [0.05, 0.1) is 4.90 Å². The Hall–Kier alpha value is 0.110. The smallest absolute Gasteiger partial charge is 0.240 e. The van der Waals surface area contributed by atoms with E-state index in [1.54, 1.807) is 18.2 Å². The second-order valence-electron chi connectivity index (χ2n) is 4.97. The number of hydrogen-bond acceptors (Lipinski definition) is 3. The van der Waals surface area contributed by atoms with E-state index in [0.717, 1.165) is 16.4 Å². The van der Waals surface area contributed by atoms with Crippen LogP contribution in [-0.4, -0.2) is 21.0 Å². The summed E-state index contributed by atoms with van der Waals surface area (Å²) in [6, 6.07) is 6.77. The highest BCUT2D eigenvalue weighted by Crippen LogP contribution is 2.28. The molecule has 1 aliphatic carbocycles. The Balaban J connectivity index is 0.00000200. The first-order valence-electron chi connectivity index (χ1n) is 6.51. The van der Waals surface area contributed by atoms with Gasteiger partial charge in [0.15, 0.2) is 0 Å². The third-order valence-electron chi connectivity index (χ3n) is 3.64. The third kappa shape index (κ3) is 4.56. The summed E-state index contributed by atoms with van der Waals surface area (Å²) >= 11 is 2.11. The molecule has 2 rings (SSSR count). The number of benzene rings is 1. The first-order valence-corrected chi connectivity index (χ1v) is 9.07. The zero-order chi connectivity index (χ0) is 13.9. The second-order valence-corrected chi connectivity index (χ2v) is 7.93. The number of halogens is 2. The summed E-state index contributed by atoms with van der Waals surface area (Å²) in [5.74, 6) is 0.377. The first-order chi connectivity index (χ1) is 9.03. The van der Waals surface area contributed by atoms with Gasteiger partial charge in [0.1, 0.15) is 0 Å². The lowest BCUT2D eigenvalue weighted by molar-refractivity contribution is 0.405. The fourth-order valence-corrected chi connectivity index (χ4v) is 4.72. The predicted octanol–water partition coefficient (Wildman–Crippen LogP) is 2.51. The lowest BCUT2D eigenvalue weighted by Crippen LogP contribution is -2.44. The molecule has 114 valence electrons. The van der Waals surface area contributed by atoms with Crippen LogP contribution in [0.25, 0.3) is 0 Å². The topological polar surface area (TPSA) is 72.2 Å². The number of nitrogens with two attached hydrogens (primary N) is 1. The molecule has 1 atom stereocenters. The zero-order valence-corrected chi connectivity index (χ0v) is 14.9. The maximum atomic E-state index is 12.3. The number of hydrogen-bond donors (Lipinski definition) is 2. The minimum atomic E-state index is -3.47. The van der Waals surface area contributed by atoms with Crippen LogP contribution in [0.5, 0.6) is 0 Å². The van der Waals surface area contributed by atoms with Crippen LogP contribution in [0.1, 0.15) is 25.7 Å². The van der Waals surface area contributed by atoms with Crippen molar-refractivity contribution in [1.29, 1.82) is 0 Å². The number of sulfonamides is 1. The molecule has 0 aromatic heterocycles. The highest BCUT2D eigenvalue weighted by Gasteiger charge is 2.28. The van der Waals surface area contributed by atoms with Crippen LogP contribution in [0, 0.1) is 9.49 Å². The molecule has 1 saturated carbocycles. The van der Waals surface area contributed by atoms with Crippen molar-refractivity contribution in [2.75, 3.05) is 6.54 Å². The molecule has 0 saturated heterocycles. The largest absolute Gasteiger partial charge is 0.329 e. The van der Waals surface area contributed by atoms with Crippen LogP contribution < -0.4 is 10.5 Å². The van der Waals surface area contributed by atoms with Crippen molar-refractivity contribution in [3.63, 3.8) is 0 Å². The molecule has 0 aliphatic heterocycles. The summed E-state index contributed by atoms with van der Waals surface area (Å²) in [6.07, 6.45) is 4.48. The van der Waals surface area contributed by atoms with E-state index in [2.05, 4.69) is 27.3 Å². The van der Waals surface area contributed by atoms with Crippen molar-refractivity contribution in [2.24, 2.45) is 11.7 Å². The van der Waals surface area contributed by atoms with Gasteiger partial charge in [0, 0.05) is 16.2 Å². The van der Waals surface area contributed by atoms with Crippen LogP contribution in [-0.2, 0) is 10.0 Å². The molecule has 0 heterocycles. The Morgan fingerprint density at radius 2 is 2.00 bits per heavy atom. The van der Waals surface area contributed by atoms with E-state index >= 15 is 0 Å². The molecule has 20 heavy (non-hydrogen) atoms. The minimum Gasteiger partial charge on any atom is -0.329 e. The van der Waals surface area contributed by atoms with Crippen LogP contribution in [0.15, 0.2) is 29.2 Å². The van der Waals surface area contributed by atoms with Crippen molar-refractivity contribution < 1.29 is 8.42 Å². The molecule has 4 nitrogen and oxygen atoms in total. The Morgan fingerprint density at radius 3 is 2.55 bits per heavy atom. The summed E-state index contributed by atoms with van der Waals surface area (Å²) < 4.78 is 28.4. The minimum absolute atomic E-state index is 0. The van der Waals surface area contributed by atoms with E-state index in [4.69, 9.17) is 5.73 Å². The predicted molar refractivity (Wildman–Crippen MR) is 91.5 cm³/mol. The average Bonchev–Trinajstić information content (AvgIpc) is 2.90. The monoisotopic (exact) mass is 430 g/mol. The Morgan fingerprint density at radius 1 is 1.35 bits per heavy atom. The van der Waals surface area contributed by atoms with E-state index < -0.39 is 10.0 Å². The van der Waals surface area contributed by atoms with Crippen molar-refractivity contribution in [3.8, 4) is 0 Å². The molecule has 1 fully saturated rings. The van der Waals surface area contributed by atoms with Crippen LogP contribution >= 0.6 is 35.0 Å². The SMILES string of the molecule is Cl.NCC(NS(=O)(=O)c1cccc(I)c1)C1CCCC1. The van der Waals surface area contributed by atoms with Gasteiger partial charge in [-0.15, -0.1) is 12.4 Å². The van der Waals surface area contributed by atoms with Crippen LogP contribution in [0.4, 0.5) is 0 Å². The fourth-order valence-electron chi connectivity index (χ4n) is 2.60. The van der Waals surface area contributed by atoms with E-state index in [1.807, 2.05) is 6.07 Å². The van der Waals surface area contributed by atoms with Gasteiger partial charge in [0.25, 0.3) is 0 Å². The highest BCUT2D eigenvalue weighted by molar-refractivity contribution is 14.1. The third-order valence-corrected chi connectivity index (χ3v) is 5.79. The van der Waals surface area contributed by atoms with Crippen LogP contribution in [0.3, 0.4) is 0 Å². The van der Waals surface area contributed by atoms with E-state index in [9.17, 15) is 8.42 Å². The fraction of sp³-hybridized carbons (Fsp3) is 0.538. The Kier molecular flexibility index (Phi) is 7.20. The highest BCUT2D eigenvalue weighted by atomic mass is 127. The summed E-state index contributed by atoms with van der Waals surface area (Å²) in [5, 5.41) is 0. The number of rotatable bonds is 5. The van der Waals surface area contributed by atoms with Gasteiger partial charge in [-0.1, -0.05) is 18.9 Å². The van der Waals surface area contributed by atoms with E-state index in [-0.39, 0.29) is 18.4 Å². The van der Waals surface area contributed by atoms with Crippen molar-refractivity contribution in [1.82, 2.24) is 4.72 Å². The van der Waals surface area contributed by atoms with Crippen LogP contribution in [0.2, 0.25) is 0 Å². The molecule has 0 amide bonds. The number of nitrogens with one attached hydrogen (secondary N) is 1. The van der Waals surface area contributed by atoms with Gasteiger partial charge in [-0.2, -0.15) is 0 Å². The molecule has 0 spiro atoms. The molecule has 0 radical (unpaired) electrons. The quantitative estimate of drug-likeness (QED) is 0.705. The lowest BCUT2D eigenvalue weighted by atomic mass is 9.99. The lowest BCUT2D eigenvalue weighted by Gasteiger charge is -2.23. The van der Waals surface area contributed by atoms with Crippen molar-refractivity contribution in [3.05, 3.63) is 27.8 Å². The molecule has 1 aromatic rings. The van der Waals surface area contributed by atoms with Crippen molar-refractivity contribution in [2.45, 2.75) is 36.6 Å². The molecule has 1 aromatic carbocycles. The standard InChI is InChI=1S/C13H19IN2O2S.ClH/c14-11-6-3-7-12(8-11)19(17,18)16-13(9-15)10-4-1-2-5-10;/h3,6-8,10,13,16H,1-2,4-5,9,15H2;1H. The van der Waals surface area contributed by atoms with E-state index in [1.165, 1.54) is 12.8 Å². The molecule has 0 bridgehead atoms. The Labute approximate surface area is 140 Å². The second kappa shape index (κ2) is 7.93. The Bertz CT molecular complexity index is 533. The van der Waals surface area contributed by atoms with Gasteiger partial charge in [0.2, 0.25) is 10.0 Å². The summed E-state index contributed by atoms with van der Waals surface area (Å²) in [5.41, 5.74) is 5.74. The maximum Gasteiger partial charge on any atom is 0.240 e. The molecule has 1 unspecified atom stereocenters. The maximum absolute atomic E-state index is 12.3.